The molecule has 1 saturated heterocycles. The second-order valence-corrected chi connectivity index (χ2v) is 6.41. The average Bonchev–Trinajstić information content (AvgIpc) is 3.09. The molecule has 0 radical (unpaired) electrons. The second-order valence-electron chi connectivity index (χ2n) is 5.48. The molecule has 8 nitrogen and oxygen atoms in total. The third-order valence-electron chi connectivity index (χ3n) is 3.81. The van der Waals surface area contributed by atoms with E-state index in [0.717, 1.165) is 18.4 Å². The monoisotopic (exact) mass is 347 g/mol. The van der Waals surface area contributed by atoms with Gasteiger partial charge in [0, 0.05) is 25.5 Å². The highest BCUT2D eigenvalue weighted by Gasteiger charge is 2.27. The Hall–Kier alpha value is -2.42. The molecule has 24 heavy (non-hydrogen) atoms. The summed E-state index contributed by atoms with van der Waals surface area (Å²) < 4.78 is 5.52. The number of hydrogen-bond acceptors (Lipinski definition) is 7. The van der Waals surface area contributed by atoms with Crippen LogP contribution in [0.2, 0.25) is 0 Å². The summed E-state index contributed by atoms with van der Waals surface area (Å²) in [5, 5.41) is 8.20. The van der Waals surface area contributed by atoms with Crippen LogP contribution in [0.3, 0.4) is 0 Å². The van der Waals surface area contributed by atoms with Gasteiger partial charge >= 0.3 is 0 Å². The molecule has 9 heteroatoms. The molecule has 1 aliphatic rings. The summed E-state index contributed by atoms with van der Waals surface area (Å²) in [5.41, 5.74) is 6.06. The minimum atomic E-state index is -0.349. The van der Waals surface area contributed by atoms with Crippen molar-refractivity contribution in [3.05, 3.63) is 24.5 Å². The van der Waals surface area contributed by atoms with Crippen molar-refractivity contribution in [2.75, 3.05) is 18.8 Å². The predicted octanol–water partition coefficient (Wildman–Crippen LogP) is 0.948. The van der Waals surface area contributed by atoms with Crippen molar-refractivity contribution >= 4 is 23.6 Å². The molecule has 1 atom stereocenters. The van der Waals surface area contributed by atoms with Gasteiger partial charge in [-0.15, -0.1) is 10.2 Å². The largest absolute Gasteiger partial charge is 0.411 e. The molecule has 1 fully saturated rings. The number of nitrogens with zero attached hydrogens (tertiary/aromatic N) is 4. The zero-order valence-electron chi connectivity index (χ0n) is 12.9. The Labute approximate surface area is 142 Å². The van der Waals surface area contributed by atoms with E-state index in [0.29, 0.717) is 24.2 Å². The van der Waals surface area contributed by atoms with Gasteiger partial charge < -0.3 is 15.1 Å². The zero-order valence-corrected chi connectivity index (χ0v) is 13.7. The Morgan fingerprint density at radius 1 is 1.42 bits per heavy atom. The van der Waals surface area contributed by atoms with E-state index < -0.39 is 0 Å². The Kier molecular flexibility index (Phi) is 5.09. The number of amides is 2. The third-order valence-corrected chi connectivity index (χ3v) is 4.61. The molecule has 126 valence electrons. The van der Waals surface area contributed by atoms with E-state index in [4.69, 9.17) is 10.2 Å². The first kappa shape index (κ1) is 16.4. The standard InChI is InChI=1S/C15H17N5O3S/c16-13(22)11-4-2-6-20(8-11)12(21)9-24-15-19-18-14(23-15)10-3-1-5-17-7-10/h1,3,5,7,11H,2,4,6,8-9H2,(H2,16,22)/t11-/m1/s1. The van der Waals surface area contributed by atoms with Gasteiger partial charge in [-0.1, -0.05) is 11.8 Å². The predicted molar refractivity (Wildman–Crippen MR) is 86.8 cm³/mol. The minimum Gasteiger partial charge on any atom is -0.411 e. The average molecular weight is 347 g/mol. The molecule has 3 heterocycles. The van der Waals surface area contributed by atoms with Crippen molar-refractivity contribution in [2.24, 2.45) is 11.7 Å². The molecule has 0 aromatic carbocycles. The Morgan fingerprint density at radius 3 is 3.04 bits per heavy atom. The Morgan fingerprint density at radius 2 is 2.29 bits per heavy atom. The molecule has 2 aromatic heterocycles. The molecule has 3 rings (SSSR count). The molecule has 0 aliphatic carbocycles. The highest BCUT2D eigenvalue weighted by atomic mass is 32.2. The summed E-state index contributed by atoms with van der Waals surface area (Å²) in [6.45, 7) is 1.04. The number of nitrogens with two attached hydrogens (primary N) is 1. The SMILES string of the molecule is NC(=O)[C@@H]1CCCN(C(=O)CSc2nnc(-c3cccnc3)o2)C1. The Bertz CT molecular complexity index is 721. The number of piperidine rings is 1. The number of pyridine rings is 1. The fraction of sp³-hybridized carbons (Fsp3) is 0.400. The lowest BCUT2D eigenvalue weighted by Crippen LogP contribution is -2.44. The van der Waals surface area contributed by atoms with Crippen molar-refractivity contribution in [1.29, 1.82) is 0 Å². The maximum Gasteiger partial charge on any atom is 0.277 e. The summed E-state index contributed by atoms with van der Waals surface area (Å²) in [6, 6.07) is 3.60. The van der Waals surface area contributed by atoms with Crippen LogP contribution in [0, 0.1) is 5.92 Å². The van der Waals surface area contributed by atoms with Crippen molar-refractivity contribution in [3.63, 3.8) is 0 Å². The number of aromatic nitrogens is 3. The van der Waals surface area contributed by atoms with E-state index in [2.05, 4.69) is 15.2 Å². The van der Waals surface area contributed by atoms with Crippen molar-refractivity contribution < 1.29 is 14.0 Å². The topological polar surface area (TPSA) is 115 Å². The summed E-state index contributed by atoms with van der Waals surface area (Å²) in [7, 11) is 0. The van der Waals surface area contributed by atoms with Crippen LogP contribution < -0.4 is 5.73 Å². The van der Waals surface area contributed by atoms with Gasteiger partial charge in [0.15, 0.2) is 0 Å². The summed E-state index contributed by atoms with van der Waals surface area (Å²) >= 11 is 1.18. The number of primary amides is 1. The van der Waals surface area contributed by atoms with Crippen LogP contribution >= 0.6 is 11.8 Å². The first-order valence-electron chi connectivity index (χ1n) is 7.57. The molecule has 2 aromatic rings. The van der Waals surface area contributed by atoms with Crippen LogP contribution in [0.4, 0.5) is 0 Å². The van der Waals surface area contributed by atoms with Gasteiger partial charge in [-0.2, -0.15) is 0 Å². The Balaban J connectivity index is 1.55. The number of carbonyl (C=O) groups is 2. The van der Waals surface area contributed by atoms with Crippen LogP contribution in [-0.4, -0.2) is 50.7 Å². The molecule has 0 unspecified atom stereocenters. The number of carbonyl (C=O) groups excluding carboxylic acids is 2. The third kappa shape index (κ3) is 3.91. The van der Waals surface area contributed by atoms with Gasteiger partial charge in [-0.3, -0.25) is 14.6 Å². The van der Waals surface area contributed by atoms with Gasteiger partial charge in [-0.25, -0.2) is 0 Å². The van der Waals surface area contributed by atoms with Crippen molar-refractivity contribution in [1.82, 2.24) is 20.1 Å². The van der Waals surface area contributed by atoms with E-state index in [9.17, 15) is 9.59 Å². The highest BCUT2D eigenvalue weighted by molar-refractivity contribution is 7.99. The fourth-order valence-corrected chi connectivity index (χ4v) is 3.19. The molecule has 2 amide bonds. The van der Waals surface area contributed by atoms with Crippen LogP contribution in [0.5, 0.6) is 0 Å². The smallest absolute Gasteiger partial charge is 0.277 e. The molecular weight excluding hydrogens is 330 g/mol. The number of rotatable bonds is 5. The van der Waals surface area contributed by atoms with Crippen LogP contribution in [-0.2, 0) is 9.59 Å². The van der Waals surface area contributed by atoms with Gasteiger partial charge in [0.2, 0.25) is 17.7 Å². The van der Waals surface area contributed by atoms with E-state index in [-0.39, 0.29) is 23.5 Å². The maximum absolute atomic E-state index is 12.3. The lowest BCUT2D eigenvalue weighted by Gasteiger charge is -2.31. The first-order valence-corrected chi connectivity index (χ1v) is 8.56. The van der Waals surface area contributed by atoms with Crippen molar-refractivity contribution in [2.45, 2.75) is 18.1 Å². The lowest BCUT2D eigenvalue weighted by atomic mass is 9.97. The minimum absolute atomic E-state index is 0.0629. The van der Waals surface area contributed by atoms with E-state index in [1.54, 1.807) is 23.4 Å². The van der Waals surface area contributed by atoms with Crippen LogP contribution in [0.25, 0.3) is 11.5 Å². The quantitative estimate of drug-likeness (QED) is 0.801. The maximum atomic E-state index is 12.3. The van der Waals surface area contributed by atoms with Crippen molar-refractivity contribution in [3.8, 4) is 11.5 Å². The number of hydrogen-bond donors (Lipinski definition) is 1. The zero-order chi connectivity index (χ0) is 16.9. The van der Waals surface area contributed by atoms with Gasteiger partial charge in [0.05, 0.1) is 17.2 Å². The molecule has 2 N–H and O–H groups in total. The van der Waals surface area contributed by atoms with Gasteiger partial charge in [0.1, 0.15) is 0 Å². The summed E-state index contributed by atoms with van der Waals surface area (Å²) in [4.78, 5) is 29.2. The summed E-state index contributed by atoms with van der Waals surface area (Å²) in [6.07, 6.45) is 4.82. The second kappa shape index (κ2) is 7.43. The van der Waals surface area contributed by atoms with Crippen LogP contribution in [0.15, 0.2) is 34.2 Å². The van der Waals surface area contributed by atoms with Gasteiger partial charge in [-0.05, 0) is 25.0 Å². The first-order chi connectivity index (χ1) is 11.6. The fourth-order valence-electron chi connectivity index (χ4n) is 2.52. The molecule has 0 bridgehead atoms. The molecule has 1 aliphatic heterocycles. The number of thioether (sulfide) groups is 1. The lowest BCUT2D eigenvalue weighted by molar-refractivity contribution is -0.132. The molecule has 0 spiro atoms. The molecular formula is C15H17N5O3S. The van der Waals surface area contributed by atoms with E-state index in [1.165, 1.54) is 11.8 Å². The van der Waals surface area contributed by atoms with Crippen LogP contribution in [0.1, 0.15) is 12.8 Å². The number of likely N-dealkylation sites (tertiary alicyclic amines) is 1. The van der Waals surface area contributed by atoms with Gasteiger partial charge in [0.25, 0.3) is 5.22 Å². The highest BCUT2D eigenvalue weighted by Crippen LogP contribution is 2.23. The van der Waals surface area contributed by atoms with E-state index >= 15 is 0 Å². The normalized spacial score (nSPS) is 17.7. The summed E-state index contributed by atoms with van der Waals surface area (Å²) in [5.74, 6) is -0.122. The van der Waals surface area contributed by atoms with E-state index in [1.807, 2.05) is 6.07 Å². The molecule has 0 saturated carbocycles.